The number of allylic oxidation sites excluding steroid dienone is 1. The molecule has 0 heterocycles. The normalized spacial score (nSPS) is 16.8. The molecule has 2 aromatic rings. The zero-order valence-corrected chi connectivity index (χ0v) is 17.5. The van der Waals surface area contributed by atoms with Crippen molar-refractivity contribution in [1.29, 1.82) is 5.26 Å². The van der Waals surface area contributed by atoms with Crippen LogP contribution < -0.4 is 0 Å². The molecule has 0 amide bonds. The van der Waals surface area contributed by atoms with Gasteiger partial charge >= 0.3 is 17.1 Å². The van der Waals surface area contributed by atoms with Crippen molar-refractivity contribution < 1.29 is 17.1 Å². The molecule has 0 aromatic heterocycles. The van der Waals surface area contributed by atoms with E-state index >= 15 is 0 Å². The maximum Gasteiger partial charge on any atom is 2.00 e. The first kappa shape index (κ1) is 23.5. The van der Waals surface area contributed by atoms with E-state index in [0.717, 1.165) is 12.0 Å². The number of hydrogen-bond acceptors (Lipinski definition) is 1. The van der Waals surface area contributed by atoms with Crippen LogP contribution in [0.4, 0.5) is 0 Å². The van der Waals surface area contributed by atoms with Crippen LogP contribution in [0.25, 0.3) is 5.57 Å². The van der Waals surface area contributed by atoms with Gasteiger partial charge in [0.25, 0.3) is 0 Å². The summed E-state index contributed by atoms with van der Waals surface area (Å²) in [6.45, 7) is 2.19. The third-order valence-electron chi connectivity index (χ3n) is 4.59. The second kappa shape index (κ2) is 12.7. The van der Waals surface area contributed by atoms with E-state index < -0.39 is 0 Å². The fraction of sp³-hybridized carbons (Fsp3) is 0.0741. The zero-order chi connectivity index (χ0) is 19.6. The topological polar surface area (TPSA) is 23.8 Å². The number of nitrogens with zero attached hydrogens (tertiary/aromatic N) is 1. The average Bonchev–Trinajstić information content (AvgIpc) is 3.50. The van der Waals surface area contributed by atoms with Crippen LogP contribution in [0.2, 0.25) is 0 Å². The summed E-state index contributed by atoms with van der Waals surface area (Å²) < 4.78 is 0. The zero-order valence-electron chi connectivity index (χ0n) is 16.4. The van der Waals surface area contributed by atoms with Crippen LogP contribution in [0.3, 0.4) is 0 Å². The molecular weight excluding hydrogens is 394 g/mol. The smallest absolute Gasteiger partial charge is 0.192 e. The molecular formula is C27H23FeN+2. The number of rotatable bonds is 4. The van der Waals surface area contributed by atoms with E-state index in [1.54, 1.807) is 0 Å². The first-order valence-electron chi connectivity index (χ1n) is 9.51. The molecule has 2 fully saturated rings. The fourth-order valence-electron chi connectivity index (χ4n) is 3.25. The van der Waals surface area contributed by atoms with Crippen LogP contribution in [0, 0.1) is 75.0 Å². The molecule has 0 N–H and O–H groups in total. The number of nitriles is 1. The molecule has 0 bridgehead atoms. The summed E-state index contributed by atoms with van der Waals surface area (Å²) in [6, 6.07) is 20.5. The van der Waals surface area contributed by atoms with Gasteiger partial charge in [-0.3, -0.25) is 0 Å². The molecule has 0 saturated heterocycles. The summed E-state index contributed by atoms with van der Waals surface area (Å²) in [7, 11) is 0. The van der Waals surface area contributed by atoms with Crippen molar-refractivity contribution in [2.75, 3.05) is 0 Å². The van der Waals surface area contributed by atoms with Crippen LogP contribution in [0.1, 0.15) is 30.0 Å². The Labute approximate surface area is 187 Å². The minimum atomic E-state index is 0. The van der Waals surface area contributed by atoms with Crippen LogP contribution >= 0.6 is 0 Å². The quantitative estimate of drug-likeness (QED) is 0.544. The van der Waals surface area contributed by atoms with Gasteiger partial charge < -0.3 is 0 Å². The summed E-state index contributed by atoms with van der Waals surface area (Å²) in [5.41, 5.74) is 5.60. The molecule has 2 aromatic carbocycles. The number of benzene rings is 2. The maximum absolute atomic E-state index is 9.03. The van der Waals surface area contributed by atoms with Crippen molar-refractivity contribution in [3.8, 4) is 6.07 Å². The molecule has 2 saturated carbocycles. The van der Waals surface area contributed by atoms with Crippen molar-refractivity contribution >= 4 is 5.57 Å². The Kier molecular flexibility index (Phi) is 10.3. The molecule has 0 unspecified atom stereocenters. The van der Waals surface area contributed by atoms with E-state index in [2.05, 4.69) is 62.9 Å². The van der Waals surface area contributed by atoms with Crippen LogP contribution in [0.5, 0.6) is 0 Å². The third-order valence-corrected chi connectivity index (χ3v) is 4.59. The van der Waals surface area contributed by atoms with Crippen LogP contribution in [-0.4, -0.2) is 0 Å². The average molecular weight is 417 g/mol. The van der Waals surface area contributed by atoms with E-state index in [1.807, 2.05) is 62.4 Å². The first-order valence-corrected chi connectivity index (χ1v) is 9.51. The van der Waals surface area contributed by atoms with Gasteiger partial charge in [-0.2, -0.15) is 5.26 Å². The van der Waals surface area contributed by atoms with Gasteiger partial charge in [-0.05, 0) is 93.0 Å². The molecule has 0 spiro atoms. The van der Waals surface area contributed by atoms with Crippen LogP contribution in [-0.2, 0) is 17.1 Å². The van der Waals surface area contributed by atoms with Gasteiger partial charge in [-0.25, -0.2) is 0 Å². The standard InChI is InChI=1S/C22H18N.C5H5.Fe/c1-2-21(18-8-6-7-9-18)22(19-10-4-3-5-11-19)20-14-12-17(16-23)13-15-20;1-2-4-5-3-1;/h3-15H,2H2,1H3;1-5H;/q;;+2/b22-21+;;. The Bertz CT molecular complexity index is 781. The maximum atomic E-state index is 9.03. The molecule has 1 nitrogen and oxygen atoms in total. The van der Waals surface area contributed by atoms with Gasteiger partial charge in [-0.1, -0.05) is 55.0 Å². The minimum Gasteiger partial charge on any atom is -0.192 e. The van der Waals surface area contributed by atoms with E-state index in [1.165, 1.54) is 22.6 Å². The molecule has 29 heavy (non-hydrogen) atoms. The first-order chi connectivity index (χ1) is 13.8. The Morgan fingerprint density at radius 1 is 0.724 bits per heavy atom. The summed E-state index contributed by atoms with van der Waals surface area (Å²) in [6.07, 6.45) is 19.4. The Hall–Kier alpha value is -1.81. The molecule has 10 radical (unpaired) electrons. The van der Waals surface area contributed by atoms with Crippen molar-refractivity contribution in [3.63, 3.8) is 0 Å². The third kappa shape index (κ3) is 6.60. The summed E-state index contributed by atoms with van der Waals surface area (Å²) in [5.74, 6) is 1.26. The molecule has 2 heteroatoms. The van der Waals surface area contributed by atoms with Gasteiger partial charge in [0, 0.05) is 5.92 Å². The van der Waals surface area contributed by atoms with Gasteiger partial charge in [0.05, 0.1) is 11.6 Å². The molecule has 2 aliphatic carbocycles. The predicted octanol–water partition coefficient (Wildman–Crippen LogP) is 6.19. The summed E-state index contributed by atoms with van der Waals surface area (Å²) in [4.78, 5) is 0. The van der Waals surface area contributed by atoms with E-state index in [-0.39, 0.29) is 17.1 Å². The largest absolute Gasteiger partial charge is 2.00 e. The fourth-order valence-corrected chi connectivity index (χ4v) is 3.25. The summed E-state index contributed by atoms with van der Waals surface area (Å²) >= 11 is 0. The molecule has 0 atom stereocenters. The SMILES string of the molecule is CC/C([C]1[CH][CH][CH][CH]1)=C(/c1ccccc1)c1ccc(C#N)cc1.[CH]1[CH][CH][CH][CH]1.[Fe+2]. The van der Waals surface area contributed by atoms with Gasteiger partial charge in [-0.15, -0.1) is 0 Å². The second-order valence-corrected chi connectivity index (χ2v) is 6.40. The van der Waals surface area contributed by atoms with Crippen molar-refractivity contribution in [1.82, 2.24) is 0 Å². The predicted molar refractivity (Wildman–Crippen MR) is 116 cm³/mol. The summed E-state index contributed by atoms with van der Waals surface area (Å²) in [5, 5.41) is 9.03. The molecule has 4 rings (SSSR count). The molecule has 2 aliphatic rings. The Morgan fingerprint density at radius 2 is 1.24 bits per heavy atom. The van der Waals surface area contributed by atoms with Crippen molar-refractivity contribution in [2.45, 2.75) is 13.3 Å². The van der Waals surface area contributed by atoms with Crippen molar-refractivity contribution in [3.05, 3.63) is 141 Å². The van der Waals surface area contributed by atoms with Gasteiger partial charge in [0.2, 0.25) is 0 Å². The van der Waals surface area contributed by atoms with E-state index in [9.17, 15) is 0 Å². The Morgan fingerprint density at radius 3 is 1.72 bits per heavy atom. The molecule has 0 aliphatic heterocycles. The minimum absolute atomic E-state index is 0. The number of hydrogen-bond donors (Lipinski definition) is 0. The Balaban J connectivity index is 0.000000437. The monoisotopic (exact) mass is 417 g/mol. The van der Waals surface area contributed by atoms with E-state index in [4.69, 9.17) is 5.26 Å². The second-order valence-electron chi connectivity index (χ2n) is 6.40. The van der Waals surface area contributed by atoms with Crippen LogP contribution in [0.15, 0.2) is 60.2 Å². The molecule has 142 valence electrons. The van der Waals surface area contributed by atoms with Gasteiger partial charge in [0.1, 0.15) is 0 Å². The van der Waals surface area contributed by atoms with E-state index in [0.29, 0.717) is 5.56 Å². The van der Waals surface area contributed by atoms with Gasteiger partial charge in [0.15, 0.2) is 0 Å². The van der Waals surface area contributed by atoms with Crippen molar-refractivity contribution in [2.24, 2.45) is 0 Å².